The van der Waals surface area contributed by atoms with E-state index >= 15 is 0 Å². The second-order valence-electron chi connectivity index (χ2n) is 7.17. The molecule has 31 heavy (non-hydrogen) atoms. The van der Waals surface area contributed by atoms with Crippen molar-refractivity contribution in [3.05, 3.63) is 70.9 Å². The lowest BCUT2D eigenvalue weighted by Gasteiger charge is -2.38. The number of hydrogen-bond donors (Lipinski definition) is 1. The predicted molar refractivity (Wildman–Crippen MR) is 117 cm³/mol. The highest BCUT2D eigenvalue weighted by Crippen LogP contribution is 2.34. The van der Waals surface area contributed by atoms with Gasteiger partial charge in [0.1, 0.15) is 11.5 Å². The number of esters is 1. The normalized spacial score (nSPS) is 16.5. The molecule has 0 amide bonds. The molecule has 0 radical (unpaired) electrons. The van der Waals surface area contributed by atoms with Gasteiger partial charge in [0.2, 0.25) is 0 Å². The number of nitrogens with zero attached hydrogens (tertiary/aromatic N) is 1. The van der Waals surface area contributed by atoms with Crippen molar-refractivity contribution in [1.29, 1.82) is 0 Å². The number of carbonyl (C=O) groups excluding carboxylic acids is 2. The number of rotatable bonds is 8. The van der Waals surface area contributed by atoms with Crippen LogP contribution in [0.15, 0.2) is 59.8 Å². The van der Waals surface area contributed by atoms with E-state index in [2.05, 4.69) is 5.32 Å². The number of ether oxygens (including phenoxy) is 3. The molecular formula is C24H28N2O5. The second-order valence-corrected chi connectivity index (χ2v) is 7.17. The van der Waals surface area contributed by atoms with Crippen LogP contribution in [-0.4, -0.2) is 50.7 Å². The lowest BCUT2D eigenvalue weighted by Crippen LogP contribution is -2.46. The van der Waals surface area contributed by atoms with Crippen LogP contribution in [0.25, 0.3) is 0 Å². The number of ketones is 1. The van der Waals surface area contributed by atoms with E-state index in [0.717, 1.165) is 17.0 Å². The summed E-state index contributed by atoms with van der Waals surface area (Å²) >= 11 is 0. The molecule has 0 aliphatic carbocycles. The van der Waals surface area contributed by atoms with E-state index in [1.807, 2.05) is 36.1 Å². The maximum Gasteiger partial charge on any atom is 0.337 e. The molecule has 0 bridgehead atoms. The molecule has 1 unspecified atom stereocenters. The Morgan fingerprint density at radius 3 is 2.13 bits per heavy atom. The lowest BCUT2D eigenvalue weighted by atomic mass is 9.93. The van der Waals surface area contributed by atoms with Gasteiger partial charge < -0.3 is 19.5 Å². The molecule has 1 heterocycles. The van der Waals surface area contributed by atoms with Crippen LogP contribution < -0.4 is 14.8 Å². The van der Waals surface area contributed by atoms with Gasteiger partial charge in [0.25, 0.3) is 0 Å². The number of methoxy groups -OCH3 is 2. The summed E-state index contributed by atoms with van der Waals surface area (Å²) in [4.78, 5) is 27.8. The molecule has 0 fully saturated rings. The van der Waals surface area contributed by atoms with Crippen molar-refractivity contribution < 1.29 is 23.8 Å². The van der Waals surface area contributed by atoms with E-state index in [4.69, 9.17) is 14.2 Å². The minimum absolute atomic E-state index is 0.0503. The first-order chi connectivity index (χ1) is 15.0. The third-order valence-electron chi connectivity index (χ3n) is 5.28. The van der Waals surface area contributed by atoms with Gasteiger partial charge >= 0.3 is 5.97 Å². The molecular weight excluding hydrogens is 396 g/mol. The monoisotopic (exact) mass is 424 g/mol. The maximum atomic E-state index is 13.0. The minimum atomic E-state index is -0.423. The molecule has 0 saturated heterocycles. The highest BCUT2D eigenvalue weighted by atomic mass is 16.5. The molecule has 1 aliphatic heterocycles. The van der Waals surface area contributed by atoms with Gasteiger partial charge in [-0.15, -0.1) is 0 Å². The van der Waals surface area contributed by atoms with E-state index in [1.165, 1.54) is 0 Å². The second kappa shape index (κ2) is 10.1. The third-order valence-corrected chi connectivity index (χ3v) is 5.28. The van der Waals surface area contributed by atoms with Crippen molar-refractivity contribution in [3.63, 3.8) is 0 Å². The Kier molecular flexibility index (Phi) is 7.31. The van der Waals surface area contributed by atoms with E-state index in [9.17, 15) is 9.59 Å². The van der Waals surface area contributed by atoms with Crippen molar-refractivity contribution in [3.8, 4) is 11.5 Å². The number of benzene rings is 2. The summed E-state index contributed by atoms with van der Waals surface area (Å²) in [7, 11) is 3.19. The molecule has 0 saturated carbocycles. The van der Waals surface area contributed by atoms with E-state index in [-0.39, 0.29) is 18.9 Å². The van der Waals surface area contributed by atoms with E-state index in [1.54, 1.807) is 45.4 Å². The first-order valence-electron chi connectivity index (χ1n) is 10.2. The van der Waals surface area contributed by atoms with Gasteiger partial charge in [0, 0.05) is 11.3 Å². The quantitative estimate of drug-likeness (QED) is 0.514. The fraction of sp³-hybridized carbons (Fsp3) is 0.333. The first-order valence-corrected chi connectivity index (χ1v) is 10.2. The van der Waals surface area contributed by atoms with Gasteiger partial charge in [-0.25, -0.2) is 4.79 Å². The van der Waals surface area contributed by atoms with Crippen molar-refractivity contribution in [2.45, 2.75) is 19.9 Å². The molecule has 0 aromatic heterocycles. The zero-order valence-electron chi connectivity index (χ0n) is 18.3. The maximum absolute atomic E-state index is 13.0. The van der Waals surface area contributed by atoms with Crippen molar-refractivity contribution in [1.82, 2.24) is 10.2 Å². The molecule has 7 heteroatoms. The average molecular weight is 424 g/mol. The van der Waals surface area contributed by atoms with Crippen molar-refractivity contribution in [2.75, 3.05) is 34.0 Å². The smallest absolute Gasteiger partial charge is 0.337 e. The van der Waals surface area contributed by atoms with Crippen LogP contribution in [0, 0.1) is 0 Å². The Bertz CT molecular complexity index is 951. The number of Topliss-reactive ketones (excluding diaryl/α,β-unsaturated/α-hetero) is 1. The fourth-order valence-corrected chi connectivity index (χ4v) is 3.63. The van der Waals surface area contributed by atoms with E-state index in [0.29, 0.717) is 23.6 Å². The molecule has 164 valence electrons. The minimum Gasteiger partial charge on any atom is -0.497 e. The van der Waals surface area contributed by atoms with E-state index < -0.39 is 12.0 Å². The lowest BCUT2D eigenvalue weighted by molar-refractivity contribution is -0.139. The Morgan fingerprint density at radius 2 is 1.58 bits per heavy atom. The highest BCUT2D eigenvalue weighted by molar-refractivity contribution is 5.98. The summed E-state index contributed by atoms with van der Waals surface area (Å²) in [6.07, 6.45) is 0. The largest absolute Gasteiger partial charge is 0.497 e. The summed E-state index contributed by atoms with van der Waals surface area (Å²) in [5.41, 5.74) is 2.71. The zero-order valence-corrected chi connectivity index (χ0v) is 18.3. The molecule has 0 spiro atoms. The van der Waals surface area contributed by atoms with Crippen molar-refractivity contribution >= 4 is 11.8 Å². The van der Waals surface area contributed by atoms with Crippen LogP contribution in [0.1, 0.15) is 35.8 Å². The molecule has 7 nitrogen and oxygen atoms in total. The number of nitrogens with one attached hydrogen (secondary N) is 1. The van der Waals surface area contributed by atoms with Crippen LogP contribution in [0.3, 0.4) is 0 Å². The number of hydrogen-bond acceptors (Lipinski definition) is 7. The van der Waals surface area contributed by atoms with Crippen LogP contribution in [-0.2, 0) is 9.53 Å². The average Bonchev–Trinajstić information content (AvgIpc) is 2.80. The Balaban J connectivity index is 1.94. The first kappa shape index (κ1) is 22.4. The van der Waals surface area contributed by atoms with Crippen LogP contribution in [0.4, 0.5) is 0 Å². The summed E-state index contributed by atoms with van der Waals surface area (Å²) in [5, 5.41) is 3.23. The molecule has 2 aromatic rings. The van der Waals surface area contributed by atoms with Gasteiger partial charge in [-0.1, -0.05) is 12.1 Å². The Morgan fingerprint density at radius 1 is 1.00 bits per heavy atom. The summed E-state index contributed by atoms with van der Waals surface area (Å²) in [5.74, 6) is 0.966. The van der Waals surface area contributed by atoms with Crippen LogP contribution >= 0.6 is 0 Å². The highest BCUT2D eigenvalue weighted by Gasteiger charge is 2.35. The Hall–Kier alpha value is -3.32. The molecule has 1 aliphatic rings. The van der Waals surface area contributed by atoms with Crippen LogP contribution in [0.2, 0.25) is 0 Å². The zero-order chi connectivity index (χ0) is 22.4. The summed E-state index contributed by atoms with van der Waals surface area (Å²) in [6, 6.07) is 14.1. The third kappa shape index (κ3) is 5.06. The van der Waals surface area contributed by atoms with Gasteiger partial charge in [-0.2, -0.15) is 0 Å². The Labute approximate surface area is 182 Å². The number of allylic oxidation sites excluding steroid dienone is 1. The molecule has 1 atom stereocenters. The SMILES string of the molecule is CCOC(=O)C1=C(C)NCN(CC(=O)c2ccc(OC)cc2)C1c1ccc(OC)cc1. The molecule has 2 aromatic carbocycles. The topological polar surface area (TPSA) is 77.1 Å². The van der Waals surface area contributed by atoms with Gasteiger partial charge in [0.15, 0.2) is 5.78 Å². The van der Waals surface area contributed by atoms with Crippen LogP contribution in [0.5, 0.6) is 11.5 Å². The molecule has 3 rings (SSSR count). The summed E-state index contributed by atoms with van der Waals surface area (Å²) in [6.45, 7) is 4.46. The predicted octanol–water partition coefficient (Wildman–Crippen LogP) is 3.33. The molecule has 1 N–H and O–H groups in total. The van der Waals surface area contributed by atoms with Crippen molar-refractivity contribution in [2.24, 2.45) is 0 Å². The summed E-state index contributed by atoms with van der Waals surface area (Å²) < 4.78 is 15.8. The number of carbonyl (C=O) groups is 2. The van der Waals surface area contributed by atoms with Gasteiger partial charge in [0.05, 0.1) is 45.7 Å². The fourth-order valence-electron chi connectivity index (χ4n) is 3.63. The van der Waals surface area contributed by atoms with Gasteiger partial charge in [-0.3, -0.25) is 9.69 Å². The van der Waals surface area contributed by atoms with Gasteiger partial charge in [-0.05, 0) is 55.8 Å². The standard InChI is InChI=1S/C24H28N2O5/c1-5-31-24(28)22-16(2)25-15-26(23(22)18-8-12-20(30-4)13-9-18)14-21(27)17-6-10-19(29-3)11-7-17/h6-13,23,25H,5,14-15H2,1-4H3.